The van der Waals surface area contributed by atoms with Crippen LogP contribution in [0.25, 0.3) is 28.5 Å². The molecule has 0 bridgehead atoms. The van der Waals surface area contributed by atoms with E-state index in [1.807, 2.05) is 12.1 Å². The van der Waals surface area contributed by atoms with E-state index in [4.69, 9.17) is 10.2 Å². The van der Waals surface area contributed by atoms with Crippen molar-refractivity contribution in [3.05, 3.63) is 88.5 Å². The van der Waals surface area contributed by atoms with Crippen molar-refractivity contribution >= 4 is 0 Å². The summed E-state index contributed by atoms with van der Waals surface area (Å²) in [5.41, 5.74) is 8.73. The van der Waals surface area contributed by atoms with Gasteiger partial charge in [-0.15, -0.1) is 10.2 Å². The van der Waals surface area contributed by atoms with Gasteiger partial charge in [0.2, 0.25) is 0 Å². The highest BCUT2D eigenvalue weighted by atomic mass is 15.3. The van der Waals surface area contributed by atoms with Crippen molar-refractivity contribution in [2.24, 2.45) is 0 Å². The van der Waals surface area contributed by atoms with Crippen LogP contribution in [-0.4, -0.2) is 14.8 Å². The van der Waals surface area contributed by atoms with Gasteiger partial charge in [-0.3, -0.25) is 4.57 Å². The van der Waals surface area contributed by atoms with E-state index >= 15 is 0 Å². The van der Waals surface area contributed by atoms with E-state index < -0.39 is 0 Å². The zero-order valence-electron chi connectivity index (χ0n) is 27.0. The first-order chi connectivity index (χ1) is 20.2. The van der Waals surface area contributed by atoms with Crippen molar-refractivity contribution in [2.75, 3.05) is 0 Å². The molecule has 0 saturated carbocycles. The minimum absolute atomic E-state index is 0.116. The number of hydrogen-bond donors (Lipinski definition) is 0. The lowest BCUT2D eigenvalue weighted by Gasteiger charge is -2.35. The molecule has 4 heteroatoms. The van der Waals surface area contributed by atoms with Gasteiger partial charge in [0.15, 0.2) is 11.6 Å². The summed E-state index contributed by atoms with van der Waals surface area (Å²) in [5.74, 6) is 2.28. The number of unbranched alkanes of at least 4 members (excludes halogenated alkanes) is 2. The van der Waals surface area contributed by atoms with Crippen LogP contribution in [0.1, 0.15) is 127 Å². The number of benzene rings is 3. The van der Waals surface area contributed by atoms with Gasteiger partial charge in [0.25, 0.3) is 0 Å². The average Bonchev–Trinajstić information content (AvgIpc) is 3.43. The van der Waals surface area contributed by atoms with E-state index in [-0.39, 0.29) is 5.41 Å². The highest BCUT2D eigenvalue weighted by Gasteiger charge is 2.35. The summed E-state index contributed by atoms with van der Waals surface area (Å²) < 4.78 is 2.31. The molecule has 4 aromatic rings. The zero-order chi connectivity index (χ0) is 30.4. The smallest absolute Gasteiger partial charge is 0.169 e. The number of rotatable bonds is 12. The van der Waals surface area contributed by atoms with Crippen LogP contribution in [-0.2, 0) is 5.41 Å². The minimum atomic E-state index is -0.116. The molecule has 1 aromatic heterocycles. The molecule has 4 rings (SSSR count). The van der Waals surface area contributed by atoms with Gasteiger partial charge in [0.05, 0.1) is 17.3 Å². The first kappa shape index (κ1) is 31.2. The molecule has 220 valence electrons. The predicted octanol–water partition coefficient (Wildman–Crippen LogP) is 10.7. The third-order valence-electron chi connectivity index (χ3n) is 9.18. The van der Waals surface area contributed by atoms with Gasteiger partial charge < -0.3 is 0 Å². The molecule has 0 fully saturated rings. The van der Waals surface area contributed by atoms with Gasteiger partial charge in [0.1, 0.15) is 0 Å². The van der Waals surface area contributed by atoms with Crippen molar-refractivity contribution in [1.82, 2.24) is 14.8 Å². The molecule has 0 aliphatic rings. The predicted molar refractivity (Wildman–Crippen MR) is 176 cm³/mol. The summed E-state index contributed by atoms with van der Waals surface area (Å²) in [4.78, 5) is 0. The molecule has 0 amide bonds. The number of aromatic nitrogens is 3. The Hall–Kier alpha value is -3.71. The molecule has 4 nitrogen and oxygen atoms in total. The lowest BCUT2D eigenvalue weighted by Crippen LogP contribution is -2.27. The Morgan fingerprint density at radius 3 is 1.88 bits per heavy atom. The number of nitrogens with zero attached hydrogens (tertiary/aromatic N) is 4. The molecule has 0 aliphatic heterocycles. The van der Waals surface area contributed by atoms with Gasteiger partial charge in [-0.05, 0) is 71.8 Å². The second-order valence-electron chi connectivity index (χ2n) is 12.4. The standard InChI is InChI=1S/C38H48N4/c1-9-12-15-24-38(10-2,11-3)34-29(25-39)19-16-23-33(34)37-41-40-36(32-20-14-13-18-28(32)8)42(37)35-30(26(4)5)21-17-22-31(35)27(6)7/h13-14,16-23,26-27H,9-12,15,24H2,1-8H3. The van der Waals surface area contributed by atoms with Gasteiger partial charge >= 0.3 is 0 Å². The summed E-state index contributed by atoms with van der Waals surface area (Å²) in [5, 5.41) is 20.4. The number of hydrogen-bond acceptors (Lipinski definition) is 3. The third-order valence-corrected chi connectivity index (χ3v) is 9.18. The SMILES string of the molecule is CCCCCC(CC)(CC)c1c(C#N)cccc1-c1nnc(-c2ccccc2C)n1-c1c(C(C)C)cccc1C(C)C. The average molecular weight is 561 g/mol. The molecular weight excluding hydrogens is 512 g/mol. The van der Waals surface area contributed by atoms with Crippen LogP contribution in [0, 0.1) is 18.3 Å². The molecule has 0 aliphatic carbocycles. The van der Waals surface area contributed by atoms with Gasteiger partial charge in [-0.25, -0.2) is 0 Å². The maximum absolute atomic E-state index is 10.5. The molecule has 0 spiro atoms. The third kappa shape index (κ3) is 5.80. The Kier molecular flexibility index (Phi) is 10.0. The Labute approximate surface area is 253 Å². The summed E-state index contributed by atoms with van der Waals surface area (Å²) in [7, 11) is 0. The fourth-order valence-electron chi connectivity index (χ4n) is 6.64. The first-order valence-corrected chi connectivity index (χ1v) is 15.9. The Bertz CT molecular complexity index is 1520. The topological polar surface area (TPSA) is 54.5 Å². The molecule has 0 atom stereocenters. The summed E-state index contributed by atoms with van der Waals surface area (Å²) in [6.07, 6.45) is 6.51. The number of nitriles is 1. The Balaban J connectivity index is 2.17. The molecule has 0 N–H and O–H groups in total. The van der Waals surface area contributed by atoms with Crippen molar-refractivity contribution < 1.29 is 0 Å². The van der Waals surface area contributed by atoms with E-state index in [0.717, 1.165) is 65.1 Å². The summed E-state index contributed by atoms with van der Waals surface area (Å²) in [6, 6.07) is 23.9. The highest BCUT2D eigenvalue weighted by Crippen LogP contribution is 2.45. The monoisotopic (exact) mass is 560 g/mol. The van der Waals surface area contributed by atoms with Crippen LogP contribution in [0.2, 0.25) is 0 Å². The van der Waals surface area contributed by atoms with Gasteiger partial charge in [-0.1, -0.05) is 122 Å². The normalized spacial score (nSPS) is 11.8. The van der Waals surface area contributed by atoms with Crippen LogP contribution in [0.3, 0.4) is 0 Å². The zero-order valence-corrected chi connectivity index (χ0v) is 27.0. The molecule has 1 heterocycles. The first-order valence-electron chi connectivity index (χ1n) is 15.9. The van der Waals surface area contributed by atoms with Crippen molar-refractivity contribution in [2.45, 2.75) is 111 Å². The fraction of sp³-hybridized carbons (Fsp3) is 0.447. The minimum Gasteiger partial charge on any atom is -0.274 e. The summed E-state index contributed by atoms with van der Waals surface area (Å²) in [6.45, 7) is 18.0. The molecule has 3 aromatic carbocycles. The summed E-state index contributed by atoms with van der Waals surface area (Å²) >= 11 is 0. The largest absolute Gasteiger partial charge is 0.274 e. The van der Waals surface area contributed by atoms with Crippen molar-refractivity contribution in [1.29, 1.82) is 5.26 Å². The second-order valence-corrected chi connectivity index (χ2v) is 12.4. The van der Waals surface area contributed by atoms with Crippen LogP contribution < -0.4 is 0 Å². The molecule has 0 saturated heterocycles. The van der Waals surface area contributed by atoms with Gasteiger partial charge in [0, 0.05) is 11.1 Å². The molecule has 0 radical (unpaired) electrons. The lowest BCUT2D eigenvalue weighted by atomic mass is 9.69. The van der Waals surface area contributed by atoms with Crippen LogP contribution >= 0.6 is 0 Å². The molecule has 42 heavy (non-hydrogen) atoms. The van der Waals surface area contributed by atoms with Crippen LogP contribution in [0.4, 0.5) is 0 Å². The highest BCUT2D eigenvalue weighted by molar-refractivity contribution is 5.74. The Morgan fingerprint density at radius 1 is 0.762 bits per heavy atom. The van der Waals surface area contributed by atoms with E-state index in [1.54, 1.807) is 0 Å². The Morgan fingerprint density at radius 2 is 1.33 bits per heavy atom. The van der Waals surface area contributed by atoms with Crippen LogP contribution in [0.5, 0.6) is 0 Å². The van der Waals surface area contributed by atoms with Crippen molar-refractivity contribution in [3.8, 4) is 34.5 Å². The van der Waals surface area contributed by atoms with Crippen LogP contribution in [0.15, 0.2) is 60.7 Å². The van der Waals surface area contributed by atoms with E-state index in [9.17, 15) is 5.26 Å². The quantitative estimate of drug-likeness (QED) is 0.162. The van der Waals surface area contributed by atoms with Gasteiger partial charge in [-0.2, -0.15) is 5.26 Å². The number of para-hydroxylation sites is 1. The van der Waals surface area contributed by atoms with E-state index in [1.165, 1.54) is 29.7 Å². The second kappa shape index (κ2) is 13.5. The molecule has 0 unspecified atom stereocenters. The maximum atomic E-state index is 10.5. The molecular formula is C38H48N4. The maximum Gasteiger partial charge on any atom is 0.169 e. The van der Waals surface area contributed by atoms with E-state index in [2.05, 4.69) is 115 Å². The number of aryl methyl sites for hydroxylation is 1. The fourth-order valence-corrected chi connectivity index (χ4v) is 6.64. The van der Waals surface area contributed by atoms with E-state index in [0.29, 0.717) is 11.8 Å². The van der Waals surface area contributed by atoms with Crippen molar-refractivity contribution in [3.63, 3.8) is 0 Å². The lowest BCUT2D eigenvalue weighted by molar-refractivity contribution is 0.350.